The summed E-state index contributed by atoms with van der Waals surface area (Å²) in [6, 6.07) is 10.0. The van der Waals surface area contributed by atoms with E-state index in [0.29, 0.717) is 26.2 Å². The molecular formula is C20H27FN4O2S. The molecule has 0 saturated carbocycles. The van der Waals surface area contributed by atoms with Gasteiger partial charge in [-0.1, -0.05) is 13.8 Å². The van der Waals surface area contributed by atoms with Gasteiger partial charge in [0.25, 0.3) is 10.2 Å². The van der Waals surface area contributed by atoms with E-state index in [-0.39, 0.29) is 11.7 Å². The number of nitrogens with zero attached hydrogens (tertiary/aromatic N) is 3. The molecule has 1 aromatic heterocycles. The lowest BCUT2D eigenvalue weighted by atomic mass is 10.0. The van der Waals surface area contributed by atoms with E-state index >= 15 is 0 Å². The number of nitrogens with one attached hydrogen (secondary N) is 1. The van der Waals surface area contributed by atoms with Crippen molar-refractivity contribution >= 4 is 21.6 Å². The van der Waals surface area contributed by atoms with Gasteiger partial charge in [-0.05, 0) is 49.7 Å². The Labute approximate surface area is 166 Å². The number of aromatic nitrogens is 1. The lowest BCUT2D eigenvalue weighted by Crippen LogP contribution is -2.42. The Morgan fingerprint density at radius 2 is 1.86 bits per heavy atom. The molecule has 6 nitrogen and oxygen atoms in total. The highest BCUT2D eigenvalue weighted by atomic mass is 32.2. The number of rotatable bonds is 7. The van der Waals surface area contributed by atoms with E-state index in [0.717, 1.165) is 29.2 Å². The van der Waals surface area contributed by atoms with Crippen LogP contribution in [-0.2, 0) is 10.2 Å². The second kappa shape index (κ2) is 8.55. The third-order valence-corrected chi connectivity index (χ3v) is 7.19. The average molecular weight is 407 g/mol. The first kappa shape index (κ1) is 20.7. The van der Waals surface area contributed by atoms with Crippen molar-refractivity contribution in [1.82, 2.24) is 13.6 Å². The van der Waals surface area contributed by atoms with Gasteiger partial charge < -0.3 is 5.32 Å². The van der Waals surface area contributed by atoms with Gasteiger partial charge in [0.15, 0.2) is 0 Å². The van der Waals surface area contributed by atoms with Crippen molar-refractivity contribution in [3.8, 4) is 0 Å². The van der Waals surface area contributed by atoms with Crippen LogP contribution in [0.4, 0.5) is 15.8 Å². The van der Waals surface area contributed by atoms with E-state index in [1.165, 1.54) is 16.4 Å². The number of aryl methyl sites for hydroxylation is 1. The summed E-state index contributed by atoms with van der Waals surface area (Å²) in [5.74, 6) is -0.225. The van der Waals surface area contributed by atoms with Gasteiger partial charge in [0.05, 0.1) is 0 Å². The Morgan fingerprint density at radius 1 is 1.18 bits per heavy atom. The highest BCUT2D eigenvalue weighted by Crippen LogP contribution is 2.31. The van der Waals surface area contributed by atoms with Crippen molar-refractivity contribution < 1.29 is 12.8 Å². The zero-order valence-corrected chi connectivity index (χ0v) is 17.3. The molecule has 28 heavy (non-hydrogen) atoms. The smallest absolute Gasteiger partial charge is 0.281 e. The predicted octanol–water partition coefficient (Wildman–Crippen LogP) is 3.65. The molecular weight excluding hydrogens is 379 g/mol. The van der Waals surface area contributed by atoms with Crippen molar-refractivity contribution in [2.45, 2.75) is 33.1 Å². The van der Waals surface area contributed by atoms with E-state index < -0.39 is 10.2 Å². The maximum Gasteiger partial charge on any atom is 0.281 e. The van der Waals surface area contributed by atoms with Gasteiger partial charge in [0.2, 0.25) is 0 Å². The van der Waals surface area contributed by atoms with Crippen molar-refractivity contribution in [2.24, 2.45) is 0 Å². The van der Waals surface area contributed by atoms with E-state index in [1.807, 2.05) is 32.9 Å². The quantitative estimate of drug-likeness (QED) is 0.762. The molecule has 1 aliphatic rings. The van der Waals surface area contributed by atoms with Gasteiger partial charge >= 0.3 is 0 Å². The van der Waals surface area contributed by atoms with E-state index in [9.17, 15) is 12.8 Å². The fourth-order valence-electron chi connectivity index (χ4n) is 3.57. The molecule has 152 valence electrons. The molecule has 0 aliphatic carbocycles. The minimum absolute atomic E-state index is 0.0546. The predicted molar refractivity (Wildman–Crippen MR) is 109 cm³/mol. The Bertz CT molecular complexity index is 914. The number of hydrogen-bond acceptors (Lipinski definition) is 4. The van der Waals surface area contributed by atoms with Crippen LogP contribution in [0.3, 0.4) is 0 Å². The largest absolute Gasteiger partial charge is 0.355 e. The maximum atomic E-state index is 13.1. The molecule has 2 heterocycles. The summed E-state index contributed by atoms with van der Waals surface area (Å²) < 4.78 is 41.7. The number of pyridine rings is 1. The fourth-order valence-corrected chi connectivity index (χ4v) is 5.25. The van der Waals surface area contributed by atoms with Crippen molar-refractivity contribution in [1.29, 1.82) is 0 Å². The molecule has 1 atom stereocenters. The van der Waals surface area contributed by atoms with Crippen LogP contribution in [0, 0.1) is 12.7 Å². The fraction of sp³-hybridized carbons (Fsp3) is 0.450. The lowest BCUT2D eigenvalue weighted by molar-refractivity contribution is 0.377. The highest BCUT2D eigenvalue weighted by Gasteiger charge is 2.35. The maximum absolute atomic E-state index is 13.1. The summed E-state index contributed by atoms with van der Waals surface area (Å²) in [5.41, 5.74) is 3.38. The third-order valence-electron chi connectivity index (χ3n) is 5.03. The van der Waals surface area contributed by atoms with Gasteiger partial charge in [0.1, 0.15) is 5.82 Å². The minimum Gasteiger partial charge on any atom is -0.355 e. The topological polar surface area (TPSA) is 65.5 Å². The Balaban J connectivity index is 1.77. The molecule has 2 aromatic rings. The summed E-state index contributed by atoms with van der Waals surface area (Å²) in [4.78, 5) is 4.64. The second-order valence-corrected chi connectivity index (χ2v) is 8.92. The first-order valence-corrected chi connectivity index (χ1v) is 11.0. The van der Waals surface area contributed by atoms with E-state index in [4.69, 9.17) is 0 Å². The summed E-state index contributed by atoms with van der Waals surface area (Å²) in [6.07, 6.45) is 0.743. The van der Waals surface area contributed by atoms with Gasteiger partial charge in [-0.15, -0.1) is 0 Å². The van der Waals surface area contributed by atoms with Crippen molar-refractivity contribution in [2.75, 3.05) is 31.5 Å². The molecule has 1 aromatic carbocycles. The lowest BCUT2D eigenvalue weighted by Gasteiger charge is -2.25. The van der Waals surface area contributed by atoms with Crippen LogP contribution in [0.2, 0.25) is 0 Å². The van der Waals surface area contributed by atoms with Gasteiger partial charge in [-0.25, -0.2) is 4.39 Å². The minimum atomic E-state index is -3.43. The summed E-state index contributed by atoms with van der Waals surface area (Å²) in [5, 5.41) is 3.27. The third kappa shape index (κ3) is 4.51. The van der Waals surface area contributed by atoms with Crippen LogP contribution in [0.15, 0.2) is 36.4 Å². The average Bonchev–Trinajstić information content (AvgIpc) is 3.15. The number of halogens is 1. The molecule has 1 fully saturated rings. The molecule has 0 unspecified atom stereocenters. The molecule has 8 heteroatoms. The van der Waals surface area contributed by atoms with Gasteiger partial charge in [-0.3, -0.25) is 4.98 Å². The van der Waals surface area contributed by atoms with Crippen LogP contribution in [0.1, 0.15) is 37.6 Å². The van der Waals surface area contributed by atoms with Crippen LogP contribution in [0.25, 0.3) is 0 Å². The number of benzene rings is 1. The standard InChI is InChI=1S/C20H27FN4O2S/c1-4-24(5-2)28(26,27)25-11-10-16(14-25)20-13-19(12-15(3)22-20)23-18-8-6-17(21)7-9-18/h6-9,12-13,16H,4-5,10-11,14H2,1-3H3,(H,22,23)/t16-/m0/s1. The summed E-state index contributed by atoms with van der Waals surface area (Å²) in [7, 11) is -3.43. The Hall–Kier alpha value is -2.03. The number of hydrogen-bond donors (Lipinski definition) is 1. The zero-order valence-electron chi connectivity index (χ0n) is 16.5. The van der Waals surface area contributed by atoms with Crippen LogP contribution < -0.4 is 5.32 Å². The summed E-state index contributed by atoms with van der Waals surface area (Å²) >= 11 is 0. The Kier molecular flexibility index (Phi) is 6.32. The van der Waals surface area contributed by atoms with Gasteiger partial charge in [0, 0.05) is 54.9 Å². The first-order chi connectivity index (χ1) is 13.3. The van der Waals surface area contributed by atoms with E-state index in [2.05, 4.69) is 10.3 Å². The van der Waals surface area contributed by atoms with Crippen LogP contribution in [-0.4, -0.2) is 48.2 Å². The van der Waals surface area contributed by atoms with E-state index in [1.54, 1.807) is 16.4 Å². The molecule has 0 amide bonds. The normalized spacial score (nSPS) is 18.0. The van der Waals surface area contributed by atoms with Gasteiger partial charge in [-0.2, -0.15) is 17.0 Å². The monoisotopic (exact) mass is 406 g/mol. The zero-order chi connectivity index (χ0) is 20.3. The SMILES string of the molecule is CCN(CC)S(=O)(=O)N1CC[C@H](c2cc(Nc3ccc(F)cc3)cc(C)n2)C1. The highest BCUT2D eigenvalue weighted by molar-refractivity contribution is 7.86. The second-order valence-electron chi connectivity index (χ2n) is 6.99. The van der Waals surface area contributed by atoms with Crippen molar-refractivity contribution in [3.63, 3.8) is 0 Å². The molecule has 1 saturated heterocycles. The Morgan fingerprint density at radius 3 is 2.50 bits per heavy atom. The van der Waals surface area contributed by atoms with Crippen LogP contribution >= 0.6 is 0 Å². The number of anilines is 2. The summed E-state index contributed by atoms with van der Waals surface area (Å²) in [6.45, 7) is 7.49. The van der Waals surface area contributed by atoms with Crippen molar-refractivity contribution in [3.05, 3.63) is 53.6 Å². The first-order valence-electron chi connectivity index (χ1n) is 9.60. The molecule has 0 radical (unpaired) electrons. The molecule has 0 spiro atoms. The molecule has 1 aliphatic heterocycles. The van der Waals surface area contributed by atoms with Crippen LogP contribution in [0.5, 0.6) is 0 Å². The molecule has 1 N–H and O–H groups in total. The molecule has 0 bridgehead atoms. The molecule has 3 rings (SSSR count).